The molecule has 126 valence electrons. The van der Waals surface area contributed by atoms with Crippen LogP contribution in [-0.2, 0) is 25.4 Å². The topological polar surface area (TPSA) is 48.1 Å². The van der Waals surface area contributed by atoms with Crippen molar-refractivity contribution in [2.24, 2.45) is 20.0 Å². The Morgan fingerprint density at radius 2 is 2.13 bits per heavy atom. The summed E-state index contributed by atoms with van der Waals surface area (Å²) in [6.45, 7) is 5.59. The molecule has 1 aliphatic rings. The number of aromatic nitrogens is 4. The maximum absolute atomic E-state index is 6.38. The molecule has 0 aliphatic carbocycles. The molecule has 0 aromatic carbocycles. The van der Waals surface area contributed by atoms with E-state index in [0.717, 1.165) is 42.7 Å². The van der Waals surface area contributed by atoms with E-state index >= 15 is 0 Å². The summed E-state index contributed by atoms with van der Waals surface area (Å²) in [6, 6.07) is 0. The highest BCUT2D eigenvalue weighted by Crippen LogP contribution is 2.34. The van der Waals surface area contributed by atoms with Crippen molar-refractivity contribution in [2.75, 3.05) is 26.8 Å². The van der Waals surface area contributed by atoms with Gasteiger partial charge in [-0.05, 0) is 12.5 Å². The number of likely N-dealkylation sites (tertiary alicyclic amines) is 1. The third-order valence-corrected chi connectivity index (χ3v) is 5.17. The van der Waals surface area contributed by atoms with Crippen LogP contribution in [0.5, 0.6) is 0 Å². The Bertz CT molecular complexity index is 680. The lowest BCUT2D eigenvalue weighted by Gasteiger charge is -2.15. The fourth-order valence-corrected chi connectivity index (χ4v) is 3.79. The zero-order chi connectivity index (χ0) is 16.6. The van der Waals surface area contributed by atoms with Crippen LogP contribution in [0.4, 0.5) is 0 Å². The van der Waals surface area contributed by atoms with E-state index in [2.05, 4.69) is 21.3 Å². The van der Waals surface area contributed by atoms with Gasteiger partial charge in [-0.2, -0.15) is 10.2 Å². The van der Waals surface area contributed by atoms with Gasteiger partial charge < -0.3 is 4.74 Å². The molecule has 0 spiro atoms. The molecule has 0 saturated carbocycles. The summed E-state index contributed by atoms with van der Waals surface area (Å²) in [5.74, 6) is 0.916. The minimum Gasteiger partial charge on any atom is -0.384 e. The Hall–Kier alpha value is -1.37. The van der Waals surface area contributed by atoms with Crippen LogP contribution in [0.25, 0.3) is 0 Å². The van der Waals surface area contributed by atoms with Crippen LogP contribution in [0.3, 0.4) is 0 Å². The highest BCUT2D eigenvalue weighted by atomic mass is 35.5. The summed E-state index contributed by atoms with van der Waals surface area (Å²) in [7, 11) is 5.61. The summed E-state index contributed by atoms with van der Waals surface area (Å²) in [5.41, 5.74) is 3.41. The van der Waals surface area contributed by atoms with Gasteiger partial charge in [-0.15, -0.1) is 0 Å². The van der Waals surface area contributed by atoms with Crippen molar-refractivity contribution in [1.29, 1.82) is 0 Å². The SMILES string of the molecule is COC[C@@H]1CN(Cc2c(C)nn(C)c2Cl)C[C@H]1c1cnn(C)c1. The molecule has 0 bridgehead atoms. The van der Waals surface area contributed by atoms with E-state index in [1.54, 1.807) is 11.8 Å². The summed E-state index contributed by atoms with van der Waals surface area (Å²) in [6.07, 6.45) is 4.08. The quantitative estimate of drug-likeness (QED) is 0.837. The Labute approximate surface area is 142 Å². The molecule has 2 atom stereocenters. The number of hydrogen-bond acceptors (Lipinski definition) is 4. The second-order valence-corrected chi connectivity index (χ2v) is 6.80. The van der Waals surface area contributed by atoms with E-state index in [1.807, 2.05) is 31.9 Å². The van der Waals surface area contributed by atoms with Crippen molar-refractivity contribution in [1.82, 2.24) is 24.5 Å². The molecule has 0 radical (unpaired) electrons. The first-order valence-corrected chi connectivity index (χ1v) is 8.25. The molecule has 3 heterocycles. The van der Waals surface area contributed by atoms with Gasteiger partial charge in [0.2, 0.25) is 0 Å². The summed E-state index contributed by atoms with van der Waals surface area (Å²) in [4.78, 5) is 2.44. The zero-order valence-corrected chi connectivity index (χ0v) is 14.9. The van der Waals surface area contributed by atoms with Gasteiger partial charge in [-0.1, -0.05) is 11.6 Å². The average molecular weight is 338 g/mol. The van der Waals surface area contributed by atoms with Crippen LogP contribution in [0.15, 0.2) is 12.4 Å². The fourth-order valence-electron chi connectivity index (χ4n) is 3.56. The van der Waals surface area contributed by atoms with Crippen LogP contribution in [0.1, 0.15) is 22.7 Å². The lowest BCUT2D eigenvalue weighted by molar-refractivity contribution is 0.147. The normalized spacial score (nSPS) is 22.1. The standard InChI is InChI=1S/C16H24ClN5O/c1-11-14(16(17)21(3)19-11)8-22-7-13(10-23-4)15(9-22)12-5-18-20(2)6-12/h5-6,13,15H,7-10H2,1-4H3/t13-,15-/m0/s1. The third kappa shape index (κ3) is 3.29. The van der Waals surface area contributed by atoms with Gasteiger partial charge in [0.15, 0.2) is 0 Å². The smallest absolute Gasteiger partial charge is 0.131 e. The molecule has 7 heteroatoms. The predicted molar refractivity (Wildman–Crippen MR) is 89.5 cm³/mol. The van der Waals surface area contributed by atoms with E-state index < -0.39 is 0 Å². The third-order valence-electron chi connectivity index (χ3n) is 4.70. The fraction of sp³-hybridized carbons (Fsp3) is 0.625. The first-order valence-electron chi connectivity index (χ1n) is 7.87. The van der Waals surface area contributed by atoms with E-state index in [4.69, 9.17) is 16.3 Å². The summed E-state index contributed by atoms with van der Waals surface area (Å²) in [5, 5.41) is 9.46. The van der Waals surface area contributed by atoms with Crippen LogP contribution >= 0.6 is 11.6 Å². The molecule has 3 rings (SSSR count). The van der Waals surface area contributed by atoms with Crippen LogP contribution < -0.4 is 0 Å². The molecule has 0 unspecified atom stereocenters. The molecular formula is C16H24ClN5O. The van der Waals surface area contributed by atoms with Crippen molar-refractivity contribution in [3.05, 3.63) is 34.4 Å². The second-order valence-electron chi connectivity index (χ2n) is 6.44. The monoisotopic (exact) mass is 337 g/mol. The summed E-state index contributed by atoms with van der Waals surface area (Å²) < 4.78 is 9.05. The Morgan fingerprint density at radius 1 is 1.35 bits per heavy atom. The van der Waals surface area contributed by atoms with Crippen molar-refractivity contribution >= 4 is 11.6 Å². The highest BCUT2D eigenvalue weighted by molar-refractivity contribution is 6.30. The highest BCUT2D eigenvalue weighted by Gasteiger charge is 2.35. The molecule has 0 N–H and O–H groups in total. The van der Waals surface area contributed by atoms with Crippen molar-refractivity contribution in [2.45, 2.75) is 19.4 Å². The van der Waals surface area contributed by atoms with E-state index in [1.165, 1.54) is 5.56 Å². The predicted octanol–water partition coefficient (Wildman–Crippen LogP) is 1.98. The molecule has 2 aromatic rings. The molecule has 23 heavy (non-hydrogen) atoms. The molecule has 1 saturated heterocycles. The Morgan fingerprint density at radius 3 is 2.70 bits per heavy atom. The number of ether oxygens (including phenoxy) is 1. The van der Waals surface area contributed by atoms with Crippen molar-refractivity contribution < 1.29 is 4.74 Å². The maximum atomic E-state index is 6.38. The minimum absolute atomic E-state index is 0.444. The summed E-state index contributed by atoms with van der Waals surface area (Å²) >= 11 is 6.38. The molecular weight excluding hydrogens is 314 g/mol. The number of hydrogen-bond donors (Lipinski definition) is 0. The molecule has 2 aromatic heterocycles. The largest absolute Gasteiger partial charge is 0.384 e. The van der Waals surface area contributed by atoms with Gasteiger partial charge in [0, 0.05) is 64.4 Å². The first kappa shape index (κ1) is 16.5. The van der Waals surface area contributed by atoms with E-state index in [0.29, 0.717) is 11.8 Å². The average Bonchev–Trinajstić information content (AvgIpc) is 3.15. The number of rotatable bonds is 5. The van der Waals surface area contributed by atoms with Gasteiger partial charge in [-0.25, -0.2) is 0 Å². The van der Waals surface area contributed by atoms with Crippen molar-refractivity contribution in [3.8, 4) is 0 Å². The molecule has 1 fully saturated rings. The number of aryl methyl sites for hydroxylation is 3. The lowest BCUT2D eigenvalue weighted by Crippen LogP contribution is -2.21. The zero-order valence-electron chi connectivity index (χ0n) is 14.2. The van der Waals surface area contributed by atoms with Gasteiger partial charge in [0.05, 0.1) is 18.5 Å². The van der Waals surface area contributed by atoms with Gasteiger partial charge in [0.1, 0.15) is 5.15 Å². The number of nitrogens with zero attached hydrogens (tertiary/aromatic N) is 5. The van der Waals surface area contributed by atoms with Crippen molar-refractivity contribution in [3.63, 3.8) is 0 Å². The maximum Gasteiger partial charge on any atom is 0.131 e. The lowest BCUT2D eigenvalue weighted by atomic mass is 9.92. The minimum atomic E-state index is 0.444. The van der Waals surface area contributed by atoms with Gasteiger partial charge in [0.25, 0.3) is 0 Å². The number of halogens is 1. The molecule has 6 nitrogen and oxygen atoms in total. The first-order chi connectivity index (χ1) is 11.0. The second kappa shape index (κ2) is 6.63. The Balaban J connectivity index is 1.77. The van der Waals surface area contributed by atoms with E-state index in [9.17, 15) is 0 Å². The van der Waals surface area contributed by atoms with Gasteiger partial charge in [-0.3, -0.25) is 14.3 Å². The van der Waals surface area contributed by atoms with Gasteiger partial charge >= 0.3 is 0 Å². The van der Waals surface area contributed by atoms with E-state index in [-0.39, 0.29) is 0 Å². The van der Waals surface area contributed by atoms with Crippen LogP contribution in [0, 0.1) is 12.8 Å². The molecule has 0 amide bonds. The number of methoxy groups -OCH3 is 1. The van der Waals surface area contributed by atoms with Crippen LogP contribution in [-0.4, -0.2) is 51.3 Å². The Kier molecular flexibility index (Phi) is 4.75. The molecule has 1 aliphatic heterocycles. The van der Waals surface area contributed by atoms with Crippen LogP contribution in [0.2, 0.25) is 5.15 Å².